The first-order valence-electron chi connectivity index (χ1n) is 8.71. The van der Waals surface area contributed by atoms with Gasteiger partial charge in [0.2, 0.25) is 5.91 Å². The van der Waals surface area contributed by atoms with Crippen molar-refractivity contribution in [2.24, 2.45) is 5.92 Å². The molecular weight excluding hydrogens is 316 g/mol. The largest absolute Gasteiger partial charge is 0.394 e. The summed E-state index contributed by atoms with van der Waals surface area (Å²) in [4.78, 5) is 24.3. The number of hydrogen-bond donors (Lipinski definition) is 3. The van der Waals surface area contributed by atoms with Gasteiger partial charge in [-0.2, -0.15) is 0 Å². The molecule has 1 aliphatic carbocycles. The fraction of sp³-hybridized carbons (Fsp3) is 0.400. The molecule has 0 radical (unpaired) electrons. The lowest BCUT2D eigenvalue weighted by molar-refractivity contribution is -0.123. The quantitative estimate of drug-likeness (QED) is 0.723. The molecule has 3 N–H and O–H groups in total. The van der Waals surface area contributed by atoms with Crippen LogP contribution in [0.4, 0.5) is 0 Å². The smallest absolute Gasteiger partial charge is 0.251 e. The van der Waals surface area contributed by atoms with Crippen LogP contribution in [0.5, 0.6) is 0 Å². The molecule has 25 heavy (non-hydrogen) atoms. The van der Waals surface area contributed by atoms with Crippen LogP contribution in [0.1, 0.15) is 36.5 Å². The third-order valence-corrected chi connectivity index (χ3v) is 4.88. The Balaban J connectivity index is 1.50. The van der Waals surface area contributed by atoms with E-state index in [0.717, 1.165) is 23.6 Å². The summed E-state index contributed by atoms with van der Waals surface area (Å²) in [7, 11) is 0. The highest BCUT2D eigenvalue weighted by molar-refractivity contribution is 5.98. The number of amides is 2. The average Bonchev–Trinajstić information content (AvgIpc) is 3.46. The van der Waals surface area contributed by atoms with Gasteiger partial charge in [-0.15, -0.1) is 0 Å². The Bertz CT molecular complexity index is 785. The minimum Gasteiger partial charge on any atom is -0.394 e. The molecule has 0 bridgehead atoms. The van der Waals surface area contributed by atoms with Crippen molar-refractivity contribution in [3.63, 3.8) is 0 Å². The van der Waals surface area contributed by atoms with Crippen molar-refractivity contribution in [1.29, 1.82) is 0 Å². The van der Waals surface area contributed by atoms with E-state index >= 15 is 0 Å². The summed E-state index contributed by atoms with van der Waals surface area (Å²) < 4.78 is 0. The van der Waals surface area contributed by atoms with Crippen molar-refractivity contribution in [2.75, 3.05) is 13.2 Å². The van der Waals surface area contributed by atoms with E-state index in [2.05, 4.69) is 10.6 Å². The van der Waals surface area contributed by atoms with E-state index in [0.29, 0.717) is 11.5 Å². The van der Waals surface area contributed by atoms with Crippen LogP contribution >= 0.6 is 0 Å². The van der Waals surface area contributed by atoms with E-state index in [1.54, 1.807) is 6.07 Å². The first-order chi connectivity index (χ1) is 12.0. The molecule has 0 saturated heterocycles. The van der Waals surface area contributed by atoms with Gasteiger partial charge in [-0.3, -0.25) is 9.59 Å². The van der Waals surface area contributed by atoms with Crippen molar-refractivity contribution >= 4 is 22.6 Å². The maximum atomic E-state index is 12.2. The minimum absolute atomic E-state index is 0.0626. The van der Waals surface area contributed by atoms with E-state index in [4.69, 9.17) is 0 Å². The third-order valence-electron chi connectivity index (χ3n) is 4.88. The highest BCUT2D eigenvalue weighted by atomic mass is 16.3. The maximum Gasteiger partial charge on any atom is 0.251 e. The van der Waals surface area contributed by atoms with Gasteiger partial charge in [-0.25, -0.2) is 0 Å². The molecule has 5 nitrogen and oxygen atoms in total. The fourth-order valence-corrected chi connectivity index (χ4v) is 3.09. The zero-order valence-electron chi connectivity index (χ0n) is 14.4. The Morgan fingerprint density at radius 1 is 1.16 bits per heavy atom. The van der Waals surface area contributed by atoms with E-state index < -0.39 is 5.54 Å². The van der Waals surface area contributed by atoms with Crippen molar-refractivity contribution < 1.29 is 14.7 Å². The molecule has 1 fully saturated rings. The second kappa shape index (κ2) is 7.23. The molecule has 0 aliphatic heterocycles. The summed E-state index contributed by atoms with van der Waals surface area (Å²) in [6, 6.07) is 13.4. The van der Waals surface area contributed by atoms with Crippen LogP contribution in [0.15, 0.2) is 42.5 Å². The summed E-state index contributed by atoms with van der Waals surface area (Å²) in [6.45, 7) is 2.08. The predicted molar refractivity (Wildman–Crippen MR) is 97.3 cm³/mol. The van der Waals surface area contributed by atoms with Crippen molar-refractivity contribution in [3.8, 4) is 0 Å². The van der Waals surface area contributed by atoms with E-state index in [9.17, 15) is 14.7 Å². The van der Waals surface area contributed by atoms with E-state index in [-0.39, 0.29) is 31.4 Å². The highest BCUT2D eigenvalue weighted by Crippen LogP contribution is 2.39. The number of fused-ring (bicyclic) bond motifs is 1. The Kier molecular flexibility index (Phi) is 5.04. The number of rotatable bonds is 7. The van der Waals surface area contributed by atoms with E-state index in [1.807, 2.05) is 43.3 Å². The first kappa shape index (κ1) is 17.4. The van der Waals surface area contributed by atoms with Crippen molar-refractivity contribution in [3.05, 3.63) is 48.0 Å². The number of carbonyl (C=O) groups excluding carboxylic acids is 2. The van der Waals surface area contributed by atoms with Crippen LogP contribution in [0, 0.1) is 5.92 Å². The van der Waals surface area contributed by atoms with Crippen LogP contribution < -0.4 is 10.6 Å². The topological polar surface area (TPSA) is 78.4 Å². The lowest BCUT2D eigenvalue weighted by atomic mass is 9.97. The molecule has 3 rings (SSSR count). The molecule has 2 aromatic carbocycles. The molecular formula is C20H24N2O3. The minimum atomic E-state index is -0.542. The van der Waals surface area contributed by atoms with Crippen LogP contribution in [0.25, 0.3) is 10.8 Å². The number of carbonyl (C=O) groups is 2. The Morgan fingerprint density at radius 3 is 2.56 bits per heavy atom. The lowest BCUT2D eigenvalue weighted by Gasteiger charge is -2.28. The second-order valence-electron chi connectivity index (χ2n) is 6.97. The average molecular weight is 340 g/mol. The molecule has 2 aromatic rings. The number of aliphatic hydroxyl groups is 1. The Morgan fingerprint density at radius 2 is 1.88 bits per heavy atom. The summed E-state index contributed by atoms with van der Waals surface area (Å²) in [5, 5.41) is 17.3. The predicted octanol–water partition coefficient (Wildman–Crippen LogP) is 2.24. The molecule has 132 valence electrons. The standard InChI is InChI=1S/C20H24N2O3/c1-20(13-23,17-8-9-17)22-18(24)10-11-21-19(25)16-7-6-14-4-2-3-5-15(14)12-16/h2-7,12,17,23H,8-11,13H2,1H3,(H,21,25)(H,22,24). The zero-order chi connectivity index (χ0) is 17.9. The first-order valence-corrected chi connectivity index (χ1v) is 8.71. The fourth-order valence-electron chi connectivity index (χ4n) is 3.09. The van der Waals surface area contributed by atoms with Gasteiger partial charge < -0.3 is 15.7 Å². The summed E-state index contributed by atoms with van der Waals surface area (Å²) in [5.41, 5.74) is 0.0386. The molecule has 1 aliphatic rings. The third kappa shape index (κ3) is 4.17. The number of hydrogen-bond acceptors (Lipinski definition) is 3. The molecule has 0 spiro atoms. The van der Waals surface area contributed by atoms with Gasteiger partial charge in [0.1, 0.15) is 0 Å². The molecule has 1 unspecified atom stereocenters. The molecule has 1 saturated carbocycles. The van der Waals surface area contributed by atoms with Crippen LogP contribution in [0.3, 0.4) is 0 Å². The number of nitrogens with one attached hydrogen (secondary N) is 2. The van der Waals surface area contributed by atoms with Crippen molar-refractivity contribution in [2.45, 2.75) is 31.7 Å². The lowest BCUT2D eigenvalue weighted by Crippen LogP contribution is -2.51. The van der Waals surface area contributed by atoms with Gasteiger partial charge >= 0.3 is 0 Å². The second-order valence-corrected chi connectivity index (χ2v) is 6.97. The normalized spacial score (nSPS) is 16.2. The van der Waals surface area contributed by atoms with Gasteiger partial charge in [-0.05, 0) is 48.6 Å². The van der Waals surface area contributed by atoms with Gasteiger partial charge in [0, 0.05) is 18.5 Å². The molecule has 0 aromatic heterocycles. The van der Waals surface area contributed by atoms with Crippen LogP contribution in [0.2, 0.25) is 0 Å². The van der Waals surface area contributed by atoms with Crippen molar-refractivity contribution in [1.82, 2.24) is 10.6 Å². The molecule has 2 amide bonds. The van der Waals surface area contributed by atoms with Gasteiger partial charge in [0.25, 0.3) is 5.91 Å². The van der Waals surface area contributed by atoms with E-state index in [1.165, 1.54) is 0 Å². The van der Waals surface area contributed by atoms with Crippen LogP contribution in [-0.4, -0.2) is 35.6 Å². The summed E-state index contributed by atoms with van der Waals surface area (Å²) in [5.74, 6) is 0.0153. The van der Waals surface area contributed by atoms with Gasteiger partial charge in [0.05, 0.1) is 12.1 Å². The van der Waals surface area contributed by atoms with Gasteiger partial charge in [-0.1, -0.05) is 30.3 Å². The maximum absolute atomic E-state index is 12.2. The monoisotopic (exact) mass is 340 g/mol. The Hall–Kier alpha value is -2.40. The summed E-state index contributed by atoms with van der Waals surface area (Å²) >= 11 is 0. The molecule has 0 heterocycles. The number of aliphatic hydroxyl groups excluding tert-OH is 1. The zero-order valence-corrected chi connectivity index (χ0v) is 14.4. The van der Waals surface area contributed by atoms with Crippen LogP contribution in [-0.2, 0) is 4.79 Å². The van der Waals surface area contributed by atoms with Gasteiger partial charge in [0.15, 0.2) is 0 Å². The number of benzene rings is 2. The SMILES string of the molecule is CC(CO)(NC(=O)CCNC(=O)c1ccc2ccccc2c1)C1CC1. The summed E-state index contributed by atoms with van der Waals surface area (Å²) in [6.07, 6.45) is 2.27. The Labute approximate surface area is 147 Å². The molecule has 1 atom stereocenters. The highest BCUT2D eigenvalue weighted by Gasteiger charge is 2.41. The molecule has 5 heteroatoms.